The second kappa shape index (κ2) is 7.49. The Labute approximate surface area is 138 Å². The number of rotatable bonds is 5. The standard InChI is InChI=1S/C18H18F3NO2/c1-12(23)10-11-22-17(24)16-5-3-2-4-15(16)13-6-8-14(9-7-13)18(19,20)21/h2-9,12,23H,10-11H2,1H3,(H,22,24). The number of carbonyl (C=O) groups is 1. The lowest BCUT2D eigenvalue weighted by Gasteiger charge is -2.12. The Morgan fingerprint density at radius 3 is 2.33 bits per heavy atom. The fourth-order valence-corrected chi connectivity index (χ4v) is 2.26. The molecular formula is C18H18F3NO2. The van der Waals surface area contributed by atoms with Crippen LogP contribution in [0.4, 0.5) is 13.2 Å². The first kappa shape index (κ1) is 18.0. The van der Waals surface area contributed by atoms with Gasteiger partial charge in [0.05, 0.1) is 11.7 Å². The molecule has 3 nitrogen and oxygen atoms in total. The summed E-state index contributed by atoms with van der Waals surface area (Å²) >= 11 is 0. The van der Waals surface area contributed by atoms with E-state index in [0.29, 0.717) is 29.7 Å². The van der Waals surface area contributed by atoms with E-state index in [9.17, 15) is 23.1 Å². The first-order valence-electron chi connectivity index (χ1n) is 7.52. The van der Waals surface area contributed by atoms with Crippen LogP contribution in [0.15, 0.2) is 48.5 Å². The number of hydrogen-bond donors (Lipinski definition) is 2. The number of aliphatic hydroxyl groups is 1. The van der Waals surface area contributed by atoms with E-state index in [1.54, 1.807) is 31.2 Å². The van der Waals surface area contributed by atoms with Crippen LogP contribution in [0.2, 0.25) is 0 Å². The van der Waals surface area contributed by atoms with Crippen LogP contribution in [0.3, 0.4) is 0 Å². The number of carbonyl (C=O) groups excluding carboxylic acids is 1. The summed E-state index contributed by atoms with van der Waals surface area (Å²) in [6.07, 6.45) is -4.49. The fourth-order valence-electron chi connectivity index (χ4n) is 2.26. The molecule has 1 atom stereocenters. The van der Waals surface area contributed by atoms with Crippen molar-refractivity contribution in [1.82, 2.24) is 5.32 Å². The maximum absolute atomic E-state index is 12.6. The summed E-state index contributed by atoms with van der Waals surface area (Å²) in [5, 5.41) is 11.9. The van der Waals surface area contributed by atoms with E-state index in [4.69, 9.17) is 0 Å². The molecule has 0 fully saturated rings. The van der Waals surface area contributed by atoms with Crippen molar-refractivity contribution in [3.05, 3.63) is 59.7 Å². The summed E-state index contributed by atoms with van der Waals surface area (Å²) in [7, 11) is 0. The van der Waals surface area contributed by atoms with Gasteiger partial charge in [0.25, 0.3) is 5.91 Å². The Balaban J connectivity index is 2.24. The van der Waals surface area contributed by atoms with Gasteiger partial charge in [0, 0.05) is 12.1 Å². The predicted octanol–water partition coefficient (Wildman–Crippen LogP) is 3.87. The second-order valence-electron chi connectivity index (χ2n) is 5.51. The molecule has 24 heavy (non-hydrogen) atoms. The highest BCUT2D eigenvalue weighted by Gasteiger charge is 2.30. The quantitative estimate of drug-likeness (QED) is 0.870. The molecule has 0 aliphatic carbocycles. The van der Waals surface area contributed by atoms with Crippen LogP contribution >= 0.6 is 0 Å². The van der Waals surface area contributed by atoms with Crippen LogP contribution in [0.25, 0.3) is 11.1 Å². The van der Waals surface area contributed by atoms with Crippen molar-refractivity contribution in [1.29, 1.82) is 0 Å². The van der Waals surface area contributed by atoms with Gasteiger partial charge in [0.2, 0.25) is 0 Å². The van der Waals surface area contributed by atoms with Crippen LogP contribution in [0, 0.1) is 0 Å². The lowest BCUT2D eigenvalue weighted by molar-refractivity contribution is -0.137. The molecule has 0 heterocycles. The molecule has 0 saturated carbocycles. The van der Waals surface area contributed by atoms with E-state index in [0.717, 1.165) is 12.1 Å². The molecule has 128 valence electrons. The zero-order valence-corrected chi connectivity index (χ0v) is 13.1. The zero-order chi connectivity index (χ0) is 17.7. The average molecular weight is 337 g/mol. The molecular weight excluding hydrogens is 319 g/mol. The monoisotopic (exact) mass is 337 g/mol. The van der Waals surface area contributed by atoms with Crippen molar-refractivity contribution in [2.24, 2.45) is 0 Å². The molecule has 0 aliphatic heterocycles. The number of alkyl halides is 3. The summed E-state index contributed by atoms with van der Waals surface area (Å²) in [6.45, 7) is 1.94. The fraction of sp³-hybridized carbons (Fsp3) is 0.278. The van der Waals surface area contributed by atoms with E-state index >= 15 is 0 Å². The van der Waals surface area contributed by atoms with E-state index in [1.807, 2.05) is 0 Å². The first-order chi connectivity index (χ1) is 11.3. The summed E-state index contributed by atoms with van der Waals surface area (Å²) in [5.41, 5.74) is 0.734. The Kier molecular flexibility index (Phi) is 5.62. The SMILES string of the molecule is CC(O)CCNC(=O)c1ccccc1-c1ccc(C(F)(F)F)cc1. The third-order valence-corrected chi connectivity index (χ3v) is 3.54. The minimum Gasteiger partial charge on any atom is -0.393 e. The number of aliphatic hydroxyl groups excluding tert-OH is 1. The van der Waals surface area contributed by atoms with Gasteiger partial charge >= 0.3 is 6.18 Å². The van der Waals surface area contributed by atoms with Gasteiger partial charge in [0.1, 0.15) is 0 Å². The molecule has 2 aromatic carbocycles. The van der Waals surface area contributed by atoms with E-state index in [2.05, 4.69) is 5.32 Å². The summed E-state index contributed by atoms with van der Waals surface area (Å²) in [5.74, 6) is -0.328. The van der Waals surface area contributed by atoms with Gasteiger partial charge in [-0.05, 0) is 42.7 Å². The van der Waals surface area contributed by atoms with Gasteiger partial charge in [-0.2, -0.15) is 13.2 Å². The van der Waals surface area contributed by atoms with E-state index in [1.165, 1.54) is 12.1 Å². The van der Waals surface area contributed by atoms with Gasteiger partial charge < -0.3 is 10.4 Å². The molecule has 1 unspecified atom stereocenters. The van der Waals surface area contributed by atoms with Gasteiger partial charge in [-0.3, -0.25) is 4.79 Å². The van der Waals surface area contributed by atoms with Crippen molar-refractivity contribution in [2.45, 2.75) is 25.6 Å². The lowest BCUT2D eigenvalue weighted by Crippen LogP contribution is -2.26. The average Bonchev–Trinajstić information content (AvgIpc) is 2.54. The van der Waals surface area contributed by atoms with Crippen LogP contribution in [0.5, 0.6) is 0 Å². The number of halogens is 3. The Hall–Kier alpha value is -2.34. The topological polar surface area (TPSA) is 49.3 Å². The first-order valence-corrected chi connectivity index (χ1v) is 7.52. The van der Waals surface area contributed by atoms with Crippen molar-refractivity contribution in [3.8, 4) is 11.1 Å². The third-order valence-electron chi connectivity index (χ3n) is 3.54. The van der Waals surface area contributed by atoms with Gasteiger partial charge in [-0.25, -0.2) is 0 Å². The highest BCUT2D eigenvalue weighted by Crippen LogP contribution is 2.31. The number of hydrogen-bond acceptors (Lipinski definition) is 2. The highest BCUT2D eigenvalue weighted by molar-refractivity contribution is 6.00. The Morgan fingerprint density at radius 2 is 1.75 bits per heavy atom. The normalized spacial score (nSPS) is 12.7. The summed E-state index contributed by atoms with van der Waals surface area (Å²) in [6, 6.07) is 11.4. The zero-order valence-electron chi connectivity index (χ0n) is 13.1. The summed E-state index contributed by atoms with van der Waals surface area (Å²) < 4.78 is 37.9. The van der Waals surface area contributed by atoms with E-state index < -0.39 is 17.8 Å². The Bertz CT molecular complexity index is 694. The molecule has 0 aromatic heterocycles. The molecule has 0 saturated heterocycles. The minimum absolute atomic E-state index is 0.317. The molecule has 1 amide bonds. The van der Waals surface area contributed by atoms with Crippen molar-refractivity contribution >= 4 is 5.91 Å². The van der Waals surface area contributed by atoms with Gasteiger partial charge in [0.15, 0.2) is 0 Å². The lowest BCUT2D eigenvalue weighted by atomic mass is 9.98. The maximum Gasteiger partial charge on any atom is 0.416 e. The van der Waals surface area contributed by atoms with Crippen molar-refractivity contribution < 1.29 is 23.1 Å². The number of amides is 1. The van der Waals surface area contributed by atoms with Crippen LogP contribution in [0.1, 0.15) is 29.3 Å². The van der Waals surface area contributed by atoms with Crippen LogP contribution < -0.4 is 5.32 Å². The molecule has 0 radical (unpaired) electrons. The molecule has 0 aliphatic rings. The largest absolute Gasteiger partial charge is 0.416 e. The molecule has 2 rings (SSSR count). The molecule has 2 N–H and O–H groups in total. The molecule has 0 spiro atoms. The van der Waals surface area contributed by atoms with Crippen LogP contribution in [-0.4, -0.2) is 23.7 Å². The predicted molar refractivity (Wildman–Crippen MR) is 85.5 cm³/mol. The smallest absolute Gasteiger partial charge is 0.393 e. The number of benzene rings is 2. The summed E-state index contributed by atoms with van der Waals surface area (Å²) in [4.78, 5) is 12.3. The molecule has 0 bridgehead atoms. The highest BCUT2D eigenvalue weighted by atomic mass is 19.4. The maximum atomic E-state index is 12.6. The Morgan fingerprint density at radius 1 is 1.12 bits per heavy atom. The number of nitrogens with one attached hydrogen (secondary N) is 1. The van der Waals surface area contributed by atoms with Crippen LogP contribution in [-0.2, 0) is 6.18 Å². The van der Waals surface area contributed by atoms with E-state index in [-0.39, 0.29) is 5.91 Å². The third kappa shape index (κ3) is 4.58. The van der Waals surface area contributed by atoms with Crippen molar-refractivity contribution in [2.75, 3.05) is 6.54 Å². The van der Waals surface area contributed by atoms with Gasteiger partial charge in [-0.1, -0.05) is 30.3 Å². The molecule has 2 aromatic rings. The van der Waals surface area contributed by atoms with Gasteiger partial charge in [-0.15, -0.1) is 0 Å². The second-order valence-corrected chi connectivity index (χ2v) is 5.51. The van der Waals surface area contributed by atoms with Crippen molar-refractivity contribution in [3.63, 3.8) is 0 Å². The minimum atomic E-state index is -4.39. The molecule has 6 heteroatoms.